The molecule has 2 N–H and O–H groups in total. The molecule has 0 spiro atoms. The summed E-state index contributed by atoms with van der Waals surface area (Å²) in [6, 6.07) is 13.9. The van der Waals surface area contributed by atoms with Crippen LogP contribution >= 0.6 is 0 Å². The van der Waals surface area contributed by atoms with E-state index < -0.39 is 0 Å². The minimum Gasteiger partial charge on any atom is -0.492 e. The second-order valence-corrected chi connectivity index (χ2v) is 6.06. The molecular weight excluding hydrogens is 300 g/mol. The average Bonchev–Trinajstić information content (AvgIpc) is 3.07. The molecule has 0 atom stereocenters. The van der Waals surface area contributed by atoms with E-state index in [1.54, 1.807) is 0 Å². The van der Waals surface area contributed by atoms with Crippen LogP contribution in [0.3, 0.4) is 0 Å². The van der Waals surface area contributed by atoms with Gasteiger partial charge in [-0.05, 0) is 66.6 Å². The Bertz CT molecular complexity index is 695. The molecule has 2 amide bonds. The van der Waals surface area contributed by atoms with Gasteiger partial charge in [0, 0.05) is 5.69 Å². The van der Waals surface area contributed by atoms with Crippen LogP contribution in [0.25, 0.3) is 0 Å². The first-order valence-electron chi connectivity index (χ1n) is 8.63. The highest BCUT2D eigenvalue weighted by Crippen LogP contribution is 2.25. The molecule has 0 saturated heterocycles. The number of urea groups is 1. The molecule has 4 nitrogen and oxygen atoms in total. The van der Waals surface area contributed by atoms with Crippen LogP contribution in [-0.4, -0.2) is 19.2 Å². The maximum Gasteiger partial charge on any atom is 0.319 e. The van der Waals surface area contributed by atoms with E-state index in [1.807, 2.05) is 30.3 Å². The number of amides is 2. The molecule has 0 aliphatic heterocycles. The van der Waals surface area contributed by atoms with Crippen LogP contribution in [0, 0.1) is 0 Å². The maximum atomic E-state index is 11.9. The number of anilines is 1. The summed E-state index contributed by atoms with van der Waals surface area (Å²) in [6.45, 7) is 3.03. The molecule has 0 heterocycles. The first kappa shape index (κ1) is 16.4. The molecule has 4 heteroatoms. The molecule has 0 bridgehead atoms. The number of carbonyl (C=O) groups is 1. The lowest BCUT2D eigenvalue weighted by Gasteiger charge is -2.10. The van der Waals surface area contributed by atoms with Crippen LogP contribution in [0.1, 0.15) is 30.0 Å². The predicted octanol–water partition coefficient (Wildman–Crippen LogP) is 3.94. The molecule has 3 rings (SSSR count). The van der Waals surface area contributed by atoms with Gasteiger partial charge in [0.05, 0.1) is 6.54 Å². The molecule has 0 saturated carbocycles. The second-order valence-electron chi connectivity index (χ2n) is 6.06. The largest absolute Gasteiger partial charge is 0.492 e. The van der Waals surface area contributed by atoms with E-state index in [0.29, 0.717) is 13.2 Å². The van der Waals surface area contributed by atoms with E-state index in [1.165, 1.54) is 29.5 Å². The van der Waals surface area contributed by atoms with Gasteiger partial charge in [-0.3, -0.25) is 0 Å². The van der Waals surface area contributed by atoms with Crippen molar-refractivity contribution >= 4 is 11.7 Å². The first-order chi connectivity index (χ1) is 11.7. The first-order valence-corrected chi connectivity index (χ1v) is 8.63. The van der Waals surface area contributed by atoms with Gasteiger partial charge >= 0.3 is 6.03 Å². The summed E-state index contributed by atoms with van der Waals surface area (Å²) in [4.78, 5) is 11.9. The number of hydrogen-bond donors (Lipinski definition) is 2. The fourth-order valence-corrected chi connectivity index (χ4v) is 2.97. The Hall–Kier alpha value is -2.49. The Morgan fingerprint density at radius 1 is 1.08 bits per heavy atom. The summed E-state index contributed by atoms with van der Waals surface area (Å²) < 4.78 is 5.72. The molecule has 0 unspecified atom stereocenters. The second kappa shape index (κ2) is 7.86. The van der Waals surface area contributed by atoms with Crippen LogP contribution in [0.15, 0.2) is 42.5 Å². The molecular formula is C20H24N2O2. The Labute approximate surface area is 143 Å². The van der Waals surface area contributed by atoms with Crippen LogP contribution in [0.4, 0.5) is 10.5 Å². The van der Waals surface area contributed by atoms with Crippen molar-refractivity contribution in [1.29, 1.82) is 0 Å². The smallest absolute Gasteiger partial charge is 0.319 e. The highest BCUT2D eigenvalue weighted by Gasteiger charge is 2.11. The minimum absolute atomic E-state index is 0.211. The molecule has 1 aliphatic rings. The van der Waals surface area contributed by atoms with Crippen molar-refractivity contribution in [3.8, 4) is 5.75 Å². The normalized spacial score (nSPS) is 12.5. The number of fused-ring (bicyclic) bond motifs is 1. The molecule has 2 aromatic rings. The average molecular weight is 324 g/mol. The summed E-state index contributed by atoms with van der Waals surface area (Å²) in [5.74, 6) is 0.882. The monoisotopic (exact) mass is 324 g/mol. The lowest BCUT2D eigenvalue weighted by molar-refractivity contribution is 0.247. The molecule has 24 heavy (non-hydrogen) atoms. The predicted molar refractivity (Wildman–Crippen MR) is 96.8 cm³/mol. The SMILES string of the molecule is CCc1ccc(NC(=O)NCCOc2ccc3c(c2)CCC3)cc1. The van der Waals surface area contributed by atoms with Crippen LogP contribution in [0.5, 0.6) is 5.75 Å². The zero-order valence-electron chi connectivity index (χ0n) is 14.1. The summed E-state index contributed by atoms with van der Waals surface area (Å²) in [5, 5.41) is 5.63. The van der Waals surface area contributed by atoms with Gasteiger partial charge in [-0.1, -0.05) is 25.1 Å². The lowest BCUT2D eigenvalue weighted by Crippen LogP contribution is -2.32. The Morgan fingerprint density at radius 2 is 1.88 bits per heavy atom. The zero-order valence-corrected chi connectivity index (χ0v) is 14.1. The molecule has 0 aromatic heterocycles. The molecule has 126 valence electrons. The van der Waals surface area contributed by atoms with E-state index in [2.05, 4.69) is 29.7 Å². The van der Waals surface area contributed by atoms with E-state index in [0.717, 1.165) is 24.3 Å². The zero-order chi connectivity index (χ0) is 16.8. The number of benzene rings is 2. The van der Waals surface area contributed by atoms with Crippen LogP contribution in [-0.2, 0) is 19.3 Å². The minimum atomic E-state index is -0.211. The van der Waals surface area contributed by atoms with Gasteiger partial charge in [0.2, 0.25) is 0 Å². The number of nitrogens with one attached hydrogen (secondary N) is 2. The van der Waals surface area contributed by atoms with E-state index in [4.69, 9.17) is 4.74 Å². The van der Waals surface area contributed by atoms with Crippen molar-refractivity contribution in [2.75, 3.05) is 18.5 Å². The van der Waals surface area contributed by atoms with E-state index >= 15 is 0 Å². The highest BCUT2D eigenvalue weighted by atomic mass is 16.5. The van der Waals surface area contributed by atoms with Crippen LogP contribution < -0.4 is 15.4 Å². The topological polar surface area (TPSA) is 50.4 Å². The van der Waals surface area contributed by atoms with Crippen molar-refractivity contribution in [2.45, 2.75) is 32.6 Å². The van der Waals surface area contributed by atoms with E-state index in [9.17, 15) is 4.79 Å². The number of aryl methyl sites for hydroxylation is 3. The van der Waals surface area contributed by atoms with Crippen molar-refractivity contribution in [3.63, 3.8) is 0 Å². The van der Waals surface area contributed by atoms with E-state index in [-0.39, 0.29) is 6.03 Å². The number of ether oxygens (including phenoxy) is 1. The Kier molecular flexibility index (Phi) is 5.36. The third-order valence-corrected chi connectivity index (χ3v) is 4.35. The summed E-state index contributed by atoms with van der Waals surface area (Å²) in [5.41, 5.74) is 4.88. The van der Waals surface area contributed by atoms with Crippen molar-refractivity contribution in [3.05, 3.63) is 59.2 Å². The van der Waals surface area contributed by atoms with Gasteiger partial charge in [-0.25, -0.2) is 4.79 Å². The standard InChI is InChI=1S/C20H24N2O2/c1-2-15-6-9-18(10-7-15)22-20(23)21-12-13-24-19-11-8-16-4-3-5-17(16)14-19/h6-11,14H,2-5,12-13H2,1H3,(H2,21,22,23). The van der Waals surface area contributed by atoms with Gasteiger partial charge in [-0.2, -0.15) is 0 Å². The third-order valence-electron chi connectivity index (χ3n) is 4.35. The molecule has 0 radical (unpaired) electrons. The lowest BCUT2D eigenvalue weighted by atomic mass is 10.1. The van der Waals surface area contributed by atoms with Crippen molar-refractivity contribution < 1.29 is 9.53 Å². The van der Waals surface area contributed by atoms with Crippen molar-refractivity contribution in [1.82, 2.24) is 5.32 Å². The Balaban J connectivity index is 1.38. The van der Waals surface area contributed by atoms with Crippen molar-refractivity contribution in [2.24, 2.45) is 0 Å². The highest BCUT2D eigenvalue weighted by molar-refractivity contribution is 5.89. The third kappa shape index (κ3) is 4.28. The fraction of sp³-hybridized carbons (Fsp3) is 0.350. The number of hydrogen-bond acceptors (Lipinski definition) is 2. The summed E-state index contributed by atoms with van der Waals surface area (Å²) in [7, 11) is 0. The quantitative estimate of drug-likeness (QED) is 0.791. The van der Waals surface area contributed by atoms with Gasteiger partial charge in [0.1, 0.15) is 12.4 Å². The van der Waals surface area contributed by atoms with Crippen LogP contribution in [0.2, 0.25) is 0 Å². The Morgan fingerprint density at radius 3 is 2.67 bits per heavy atom. The summed E-state index contributed by atoms with van der Waals surface area (Å²) >= 11 is 0. The molecule has 2 aromatic carbocycles. The van der Waals surface area contributed by atoms with Gasteiger partial charge < -0.3 is 15.4 Å². The fourth-order valence-electron chi connectivity index (χ4n) is 2.97. The maximum absolute atomic E-state index is 11.9. The molecule has 0 fully saturated rings. The number of carbonyl (C=O) groups excluding carboxylic acids is 1. The summed E-state index contributed by atoms with van der Waals surface area (Å²) in [6.07, 6.45) is 4.55. The molecule has 1 aliphatic carbocycles. The number of rotatable bonds is 6. The van der Waals surface area contributed by atoms with Gasteiger partial charge in [0.15, 0.2) is 0 Å². The van der Waals surface area contributed by atoms with Gasteiger partial charge in [-0.15, -0.1) is 0 Å². The van der Waals surface area contributed by atoms with Gasteiger partial charge in [0.25, 0.3) is 0 Å².